The summed E-state index contributed by atoms with van der Waals surface area (Å²) in [6.07, 6.45) is -2.51. The van der Waals surface area contributed by atoms with Crippen molar-refractivity contribution in [3.8, 4) is 11.1 Å². The zero-order valence-corrected chi connectivity index (χ0v) is 11.0. The SMILES string of the molecule is FC(F)c1cccc(-c2ccccc2Cl)c1Br. The second-order valence-electron chi connectivity index (χ2n) is 3.49. The van der Waals surface area contributed by atoms with Crippen LogP contribution in [0.1, 0.15) is 12.0 Å². The molecule has 0 fully saturated rings. The molecule has 2 aromatic carbocycles. The minimum atomic E-state index is -2.51. The van der Waals surface area contributed by atoms with Crippen molar-refractivity contribution in [2.24, 2.45) is 0 Å². The van der Waals surface area contributed by atoms with Crippen LogP contribution in [0.2, 0.25) is 5.02 Å². The highest BCUT2D eigenvalue weighted by Gasteiger charge is 2.15. The normalized spacial score (nSPS) is 10.9. The Bertz CT molecular complexity index is 541. The molecule has 0 aliphatic rings. The molecule has 0 spiro atoms. The lowest BCUT2D eigenvalue weighted by atomic mass is 10.0. The fourth-order valence-corrected chi connectivity index (χ4v) is 2.49. The molecule has 0 radical (unpaired) electrons. The minimum Gasteiger partial charge on any atom is -0.205 e. The van der Waals surface area contributed by atoms with Crippen LogP contribution in [0.15, 0.2) is 46.9 Å². The maximum Gasteiger partial charge on any atom is 0.264 e. The molecule has 88 valence electrons. The van der Waals surface area contributed by atoms with Crippen molar-refractivity contribution < 1.29 is 8.78 Å². The van der Waals surface area contributed by atoms with Gasteiger partial charge in [0.25, 0.3) is 6.43 Å². The summed E-state index contributed by atoms with van der Waals surface area (Å²) >= 11 is 9.27. The first-order valence-corrected chi connectivity index (χ1v) is 6.10. The Hall–Kier alpha value is -0.930. The first kappa shape index (κ1) is 12.5. The van der Waals surface area contributed by atoms with Crippen molar-refractivity contribution in [1.29, 1.82) is 0 Å². The summed E-state index contributed by atoms with van der Waals surface area (Å²) in [4.78, 5) is 0. The smallest absolute Gasteiger partial charge is 0.205 e. The van der Waals surface area contributed by atoms with E-state index in [-0.39, 0.29) is 5.56 Å². The molecular formula is C13H8BrClF2. The minimum absolute atomic E-state index is 0.0255. The maximum atomic E-state index is 12.8. The molecule has 0 unspecified atom stereocenters. The topological polar surface area (TPSA) is 0 Å². The maximum absolute atomic E-state index is 12.8. The molecule has 0 atom stereocenters. The van der Waals surface area contributed by atoms with Gasteiger partial charge in [0.05, 0.1) is 0 Å². The van der Waals surface area contributed by atoms with E-state index in [0.29, 0.717) is 15.1 Å². The molecule has 0 saturated carbocycles. The van der Waals surface area contributed by atoms with E-state index >= 15 is 0 Å². The molecule has 0 aliphatic carbocycles. The third-order valence-electron chi connectivity index (χ3n) is 2.43. The van der Waals surface area contributed by atoms with E-state index in [1.165, 1.54) is 6.07 Å². The van der Waals surface area contributed by atoms with Crippen LogP contribution >= 0.6 is 27.5 Å². The molecule has 0 aromatic heterocycles. The van der Waals surface area contributed by atoms with Crippen LogP contribution in [0.5, 0.6) is 0 Å². The summed E-state index contributed by atoms with van der Waals surface area (Å²) in [5.74, 6) is 0. The zero-order valence-electron chi connectivity index (χ0n) is 8.63. The highest BCUT2D eigenvalue weighted by atomic mass is 79.9. The van der Waals surface area contributed by atoms with Crippen molar-refractivity contribution in [1.82, 2.24) is 0 Å². The van der Waals surface area contributed by atoms with E-state index < -0.39 is 6.43 Å². The van der Waals surface area contributed by atoms with Gasteiger partial charge in [-0.1, -0.05) is 48.0 Å². The monoisotopic (exact) mass is 316 g/mol. The standard InChI is InChI=1S/C13H8BrClF2/c14-12-9(5-3-6-10(12)13(16)17)8-4-1-2-7-11(8)15/h1-7,13H. The Morgan fingerprint density at radius 3 is 2.24 bits per heavy atom. The van der Waals surface area contributed by atoms with Gasteiger partial charge in [-0.15, -0.1) is 0 Å². The van der Waals surface area contributed by atoms with Crippen molar-refractivity contribution >= 4 is 27.5 Å². The average Bonchev–Trinajstić information content (AvgIpc) is 2.30. The van der Waals surface area contributed by atoms with Gasteiger partial charge in [-0.25, -0.2) is 8.78 Å². The summed E-state index contributed by atoms with van der Waals surface area (Å²) in [6.45, 7) is 0. The van der Waals surface area contributed by atoms with Gasteiger partial charge in [-0.3, -0.25) is 0 Å². The Kier molecular flexibility index (Phi) is 3.79. The van der Waals surface area contributed by atoms with E-state index in [9.17, 15) is 8.78 Å². The van der Waals surface area contributed by atoms with Gasteiger partial charge in [0.1, 0.15) is 0 Å². The van der Waals surface area contributed by atoms with Crippen LogP contribution in [-0.4, -0.2) is 0 Å². The Balaban J connectivity index is 2.61. The van der Waals surface area contributed by atoms with Gasteiger partial charge in [0, 0.05) is 20.6 Å². The molecule has 17 heavy (non-hydrogen) atoms. The Morgan fingerprint density at radius 2 is 1.59 bits per heavy atom. The van der Waals surface area contributed by atoms with E-state index in [1.807, 2.05) is 6.07 Å². The van der Waals surface area contributed by atoms with E-state index in [0.717, 1.165) is 5.56 Å². The third-order valence-corrected chi connectivity index (χ3v) is 3.64. The fourth-order valence-electron chi connectivity index (χ4n) is 1.61. The van der Waals surface area contributed by atoms with Crippen LogP contribution < -0.4 is 0 Å². The molecule has 0 N–H and O–H groups in total. The first-order chi connectivity index (χ1) is 8.11. The quantitative estimate of drug-likeness (QED) is 0.666. The number of alkyl halides is 2. The predicted octanol–water partition coefficient (Wildman–Crippen LogP) is 5.71. The van der Waals surface area contributed by atoms with Crippen LogP contribution in [0.25, 0.3) is 11.1 Å². The number of hydrogen-bond acceptors (Lipinski definition) is 0. The van der Waals surface area contributed by atoms with Gasteiger partial charge in [0.15, 0.2) is 0 Å². The summed E-state index contributed by atoms with van der Waals surface area (Å²) in [6, 6.07) is 11.9. The van der Waals surface area contributed by atoms with Crippen LogP contribution in [0.3, 0.4) is 0 Å². The molecule has 0 nitrogen and oxygen atoms in total. The average molecular weight is 318 g/mol. The highest BCUT2D eigenvalue weighted by Crippen LogP contribution is 2.38. The highest BCUT2D eigenvalue weighted by molar-refractivity contribution is 9.10. The largest absolute Gasteiger partial charge is 0.264 e. The van der Waals surface area contributed by atoms with E-state index in [4.69, 9.17) is 11.6 Å². The van der Waals surface area contributed by atoms with Crippen LogP contribution in [-0.2, 0) is 0 Å². The molecule has 0 saturated heterocycles. The van der Waals surface area contributed by atoms with Crippen molar-refractivity contribution in [2.45, 2.75) is 6.43 Å². The third kappa shape index (κ3) is 2.50. The summed E-state index contributed by atoms with van der Waals surface area (Å²) < 4.78 is 25.9. The molecule has 0 bridgehead atoms. The molecule has 4 heteroatoms. The molecule has 0 amide bonds. The van der Waals surface area contributed by atoms with Crippen molar-refractivity contribution in [2.75, 3.05) is 0 Å². The fraction of sp³-hybridized carbons (Fsp3) is 0.0769. The van der Waals surface area contributed by atoms with Crippen molar-refractivity contribution in [3.05, 3.63) is 57.5 Å². The second kappa shape index (κ2) is 5.15. The predicted molar refractivity (Wildman–Crippen MR) is 69.5 cm³/mol. The van der Waals surface area contributed by atoms with E-state index in [2.05, 4.69) is 15.9 Å². The number of benzene rings is 2. The Labute approximate surface area is 111 Å². The van der Waals surface area contributed by atoms with Gasteiger partial charge in [-0.05, 0) is 27.6 Å². The van der Waals surface area contributed by atoms with Gasteiger partial charge < -0.3 is 0 Å². The number of halogens is 4. The van der Waals surface area contributed by atoms with Crippen LogP contribution in [0, 0.1) is 0 Å². The first-order valence-electron chi connectivity index (χ1n) is 4.92. The lowest BCUT2D eigenvalue weighted by Crippen LogP contribution is -1.89. The molecule has 0 heterocycles. The summed E-state index contributed by atoms with van der Waals surface area (Å²) in [7, 11) is 0. The van der Waals surface area contributed by atoms with Gasteiger partial charge in [0.2, 0.25) is 0 Å². The summed E-state index contributed by atoms with van der Waals surface area (Å²) in [5.41, 5.74) is 1.39. The number of hydrogen-bond donors (Lipinski definition) is 0. The molecule has 2 aromatic rings. The van der Waals surface area contributed by atoms with Crippen molar-refractivity contribution in [3.63, 3.8) is 0 Å². The molecule has 2 rings (SSSR count). The lowest BCUT2D eigenvalue weighted by Gasteiger charge is -2.10. The molecule has 0 aliphatic heterocycles. The summed E-state index contributed by atoms with van der Waals surface area (Å²) in [5, 5.41) is 0.541. The lowest BCUT2D eigenvalue weighted by molar-refractivity contribution is 0.150. The van der Waals surface area contributed by atoms with Crippen LogP contribution in [0.4, 0.5) is 8.78 Å². The number of rotatable bonds is 2. The van der Waals surface area contributed by atoms with E-state index in [1.54, 1.807) is 30.3 Å². The zero-order chi connectivity index (χ0) is 12.4. The molecular weight excluding hydrogens is 309 g/mol. The Morgan fingerprint density at radius 1 is 0.941 bits per heavy atom. The second-order valence-corrected chi connectivity index (χ2v) is 4.69. The van der Waals surface area contributed by atoms with Gasteiger partial charge in [-0.2, -0.15) is 0 Å². The van der Waals surface area contributed by atoms with Gasteiger partial charge >= 0.3 is 0 Å².